The molecule has 3 rings (SSSR count). The lowest BCUT2D eigenvalue weighted by Crippen LogP contribution is -2.54. The second-order valence-electron chi connectivity index (χ2n) is 8.07. The molecule has 1 heterocycles. The molecule has 2 N–H and O–H groups in total. The van der Waals surface area contributed by atoms with E-state index in [0.29, 0.717) is 23.9 Å². The van der Waals surface area contributed by atoms with Crippen molar-refractivity contribution in [2.24, 2.45) is 5.92 Å². The molecule has 0 bridgehead atoms. The van der Waals surface area contributed by atoms with Gasteiger partial charge in [-0.15, -0.1) is 0 Å². The average molecular weight is 388 g/mol. The summed E-state index contributed by atoms with van der Waals surface area (Å²) in [4.78, 5) is 27.1. The van der Waals surface area contributed by atoms with Gasteiger partial charge in [0.25, 0.3) is 5.91 Å². The van der Waals surface area contributed by atoms with Gasteiger partial charge in [0.05, 0.1) is 12.2 Å². The lowest BCUT2D eigenvalue weighted by atomic mass is 9.85. The number of fused-ring (bicyclic) bond motifs is 1. The van der Waals surface area contributed by atoms with Crippen LogP contribution in [-0.2, 0) is 4.79 Å². The van der Waals surface area contributed by atoms with Crippen LogP contribution in [0.15, 0.2) is 24.3 Å². The third-order valence-electron chi connectivity index (χ3n) is 5.64. The van der Waals surface area contributed by atoms with Crippen LogP contribution in [0.4, 0.5) is 10.5 Å². The Morgan fingerprint density at radius 1 is 1.21 bits per heavy atom. The molecule has 3 amide bonds. The topological polar surface area (TPSA) is 70.7 Å². The molecule has 2 aliphatic rings. The summed E-state index contributed by atoms with van der Waals surface area (Å²) in [6, 6.07) is 7.35. The standard InChI is InChI=1S/C22H33N3O3/c1-3-13-23-21(26)20-15-25(18-11-7-8-12-19(18)28-20)22(27)24-16(2)14-17-9-5-4-6-10-17/h7-8,11-12,16-17,20H,3-6,9-10,13-15H2,1-2H3,(H,23,26)(H,24,27). The molecule has 1 fully saturated rings. The van der Waals surface area contributed by atoms with Crippen LogP contribution in [0.25, 0.3) is 0 Å². The van der Waals surface area contributed by atoms with Crippen molar-refractivity contribution in [1.29, 1.82) is 0 Å². The van der Waals surface area contributed by atoms with Crippen molar-refractivity contribution in [3.8, 4) is 5.75 Å². The highest BCUT2D eigenvalue weighted by Gasteiger charge is 2.34. The number of urea groups is 1. The first kappa shape index (κ1) is 20.5. The van der Waals surface area contributed by atoms with Crippen LogP contribution in [0.1, 0.15) is 58.8 Å². The molecular weight excluding hydrogens is 354 g/mol. The number of benzene rings is 1. The maximum Gasteiger partial charge on any atom is 0.322 e. The summed E-state index contributed by atoms with van der Waals surface area (Å²) in [7, 11) is 0. The fraction of sp³-hybridized carbons (Fsp3) is 0.636. The van der Waals surface area contributed by atoms with Gasteiger partial charge in [0.15, 0.2) is 6.10 Å². The second kappa shape index (κ2) is 9.80. The summed E-state index contributed by atoms with van der Waals surface area (Å²) < 4.78 is 5.86. The average Bonchev–Trinajstić information content (AvgIpc) is 2.71. The number of nitrogens with zero attached hydrogens (tertiary/aromatic N) is 1. The van der Waals surface area contributed by atoms with Gasteiger partial charge in [-0.1, -0.05) is 51.2 Å². The van der Waals surface area contributed by atoms with Crippen LogP contribution in [0.5, 0.6) is 5.75 Å². The Kier molecular flexibility index (Phi) is 7.18. The van der Waals surface area contributed by atoms with E-state index in [0.717, 1.165) is 12.8 Å². The predicted octanol–water partition coefficient (Wildman–Crippen LogP) is 3.85. The molecule has 0 spiro atoms. The lowest BCUT2D eigenvalue weighted by Gasteiger charge is -2.35. The van der Waals surface area contributed by atoms with Gasteiger partial charge in [-0.3, -0.25) is 9.69 Å². The molecule has 28 heavy (non-hydrogen) atoms. The Morgan fingerprint density at radius 2 is 1.96 bits per heavy atom. The zero-order chi connectivity index (χ0) is 19.9. The van der Waals surface area contributed by atoms with Gasteiger partial charge in [0.2, 0.25) is 0 Å². The summed E-state index contributed by atoms with van der Waals surface area (Å²) in [6.07, 6.45) is 7.65. The second-order valence-corrected chi connectivity index (χ2v) is 8.07. The minimum Gasteiger partial charge on any atom is -0.477 e. The maximum atomic E-state index is 13.0. The lowest BCUT2D eigenvalue weighted by molar-refractivity contribution is -0.127. The molecule has 0 radical (unpaired) electrons. The van der Waals surface area contributed by atoms with Crippen LogP contribution in [0.2, 0.25) is 0 Å². The van der Waals surface area contributed by atoms with Crippen molar-refractivity contribution in [3.05, 3.63) is 24.3 Å². The maximum absolute atomic E-state index is 13.0. The quantitative estimate of drug-likeness (QED) is 0.779. The number of hydrogen-bond acceptors (Lipinski definition) is 3. The molecule has 1 aromatic carbocycles. The van der Waals surface area contributed by atoms with Crippen molar-refractivity contribution >= 4 is 17.6 Å². The largest absolute Gasteiger partial charge is 0.477 e. The van der Waals surface area contributed by atoms with E-state index in [9.17, 15) is 9.59 Å². The van der Waals surface area contributed by atoms with Crippen molar-refractivity contribution in [3.63, 3.8) is 0 Å². The number of anilines is 1. The first-order chi connectivity index (χ1) is 13.6. The summed E-state index contributed by atoms with van der Waals surface area (Å²) in [5, 5.41) is 6.01. The van der Waals surface area contributed by atoms with Crippen molar-refractivity contribution in [2.45, 2.75) is 70.9 Å². The van der Waals surface area contributed by atoms with E-state index in [4.69, 9.17) is 4.74 Å². The molecule has 0 aromatic heterocycles. The van der Waals surface area contributed by atoms with Gasteiger partial charge < -0.3 is 15.4 Å². The number of carbonyl (C=O) groups is 2. The minimum absolute atomic E-state index is 0.109. The molecule has 0 saturated heterocycles. The van der Waals surface area contributed by atoms with Crippen molar-refractivity contribution in [1.82, 2.24) is 10.6 Å². The van der Waals surface area contributed by atoms with Gasteiger partial charge in [-0.25, -0.2) is 4.79 Å². The Balaban J connectivity index is 1.65. The molecule has 2 atom stereocenters. The molecule has 1 saturated carbocycles. The highest BCUT2D eigenvalue weighted by atomic mass is 16.5. The van der Waals surface area contributed by atoms with Crippen LogP contribution in [0, 0.1) is 5.92 Å². The highest BCUT2D eigenvalue weighted by Crippen LogP contribution is 2.33. The van der Waals surface area contributed by atoms with Gasteiger partial charge in [-0.2, -0.15) is 0 Å². The van der Waals surface area contributed by atoms with Crippen LogP contribution in [-0.4, -0.2) is 37.2 Å². The van der Waals surface area contributed by atoms with E-state index >= 15 is 0 Å². The van der Waals surface area contributed by atoms with Gasteiger partial charge in [0, 0.05) is 12.6 Å². The van der Waals surface area contributed by atoms with Crippen molar-refractivity contribution < 1.29 is 14.3 Å². The molecular formula is C22H33N3O3. The Morgan fingerprint density at radius 3 is 2.71 bits per heavy atom. The highest BCUT2D eigenvalue weighted by molar-refractivity contribution is 5.96. The fourth-order valence-electron chi connectivity index (χ4n) is 4.20. The molecule has 1 aromatic rings. The number of hydrogen-bond donors (Lipinski definition) is 2. The summed E-state index contributed by atoms with van der Waals surface area (Å²) in [5.74, 6) is 1.10. The number of nitrogens with one attached hydrogen (secondary N) is 2. The molecule has 154 valence electrons. The zero-order valence-electron chi connectivity index (χ0n) is 17.1. The number of amides is 3. The monoisotopic (exact) mass is 387 g/mol. The summed E-state index contributed by atoms with van der Waals surface area (Å²) >= 11 is 0. The molecule has 2 unspecified atom stereocenters. The first-order valence-corrected chi connectivity index (χ1v) is 10.7. The van der Waals surface area contributed by atoms with Crippen LogP contribution in [0.3, 0.4) is 0 Å². The predicted molar refractivity (Wildman–Crippen MR) is 111 cm³/mol. The zero-order valence-corrected chi connectivity index (χ0v) is 17.1. The van der Waals surface area contributed by atoms with E-state index in [1.807, 2.05) is 25.1 Å². The summed E-state index contributed by atoms with van der Waals surface area (Å²) in [6.45, 7) is 4.90. The van der Waals surface area contributed by atoms with Crippen molar-refractivity contribution in [2.75, 3.05) is 18.0 Å². The number of rotatable bonds is 6. The van der Waals surface area contributed by atoms with Crippen LogP contribution >= 0.6 is 0 Å². The minimum atomic E-state index is -0.694. The van der Waals surface area contributed by atoms with E-state index in [-0.39, 0.29) is 24.5 Å². The third-order valence-corrected chi connectivity index (χ3v) is 5.64. The van der Waals surface area contributed by atoms with E-state index in [1.54, 1.807) is 11.0 Å². The summed E-state index contributed by atoms with van der Waals surface area (Å²) in [5.41, 5.74) is 0.712. The first-order valence-electron chi connectivity index (χ1n) is 10.7. The fourth-order valence-corrected chi connectivity index (χ4v) is 4.20. The van der Waals surface area contributed by atoms with E-state index < -0.39 is 6.10 Å². The molecule has 1 aliphatic heterocycles. The molecule has 6 nitrogen and oxygen atoms in total. The van der Waals surface area contributed by atoms with Gasteiger partial charge >= 0.3 is 6.03 Å². The Bertz CT molecular complexity index is 673. The van der Waals surface area contributed by atoms with Crippen LogP contribution < -0.4 is 20.3 Å². The number of carbonyl (C=O) groups excluding carboxylic acids is 2. The smallest absolute Gasteiger partial charge is 0.322 e. The van der Waals surface area contributed by atoms with E-state index in [2.05, 4.69) is 17.6 Å². The SMILES string of the molecule is CCCNC(=O)C1CN(C(=O)NC(C)CC2CCCCC2)c2ccccc2O1. The van der Waals surface area contributed by atoms with Gasteiger partial charge in [-0.05, 0) is 37.8 Å². The molecule has 1 aliphatic carbocycles. The Labute approximate surface area is 168 Å². The Hall–Kier alpha value is -2.24. The molecule has 6 heteroatoms. The van der Waals surface area contributed by atoms with Gasteiger partial charge in [0.1, 0.15) is 5.75 Å². The third kappa shape index (κ3) is 5.18. The number of para-hydroxylation sites is 2. The normalized spacial score (nSPS) is 20.6. The number of ether oxygens (including phenoxy) is 1. The van der Waals surface area contributed by atoms with E-state index in [1.165, 1.54) is 32.1 Å².